The summed E-state index contributed by atoms with van der Waals surface area (Å²) in [5, 5.41) is 0. The van der Waals surface area contributed by atoms with Crippen LogP contribution in [0.4, 0.5) is 4.79 Å². The quantitative estimate of drug-likeness (QED) is 0.475. The molecule has 0 N–H and O–H groups in total. The van der Waals surface area contributed by atoms with Gasteiger partial charge in [0.05, 0.1) is 0 Å². The molecule has 0 heterocycles. The van der Waals surface area contributed by atoms with E-state index in [-0.39, 0.29) is 3.99 Å². The summed E-state index contributed by atoms with van der Waals surface area (Å²) in [6, 6.07) is 0. The minimum absolute atomic E-state index is 0.134. The number of carbonyl (C=O) groups excluding carboxylic acids is 1. The van der Waals surface area contributed by atoms with Crippen molar-refractivity contribution in [2.24, 2.45) is 0 Å². The number of hydrogen-bond donors (Lipinski definition) is 0. The zero-order valence-corrected chi connectivity index (χ0v) is 7.18. The van der Waals surface area contributed by atoms with Crippen LogP contribution in [0, 0.1) is 0 Å². The summed E-state index contributed by atoms with van der Waals surface area (Å²) in [5.74, 6) is 0. The number of ether oxygens (including phenoxy) is 1. The first-order valence-electron chi connectivity index (χ1n) is 1.80. The van der Waals surface area contributed by atoms with Gasteiger partial charge in [-0.1, -0.05) is 0 Å². The normalized spacial score (nSPS) is 7.57. The standard InChI is InChI=1S/C4H5O2.Sn.H/c1-2-3-6-4-5;;/h2H,1,3H2;;. The van der Waals surface area contributed by atoms with Crippen molar-refractivity contribution in [2.45, 2.75) is 0 Å². The maximum absolute atomic E-state index is 9.99. The molecule has 0 saturated carbocycles. The molecular weight excluding hydrogens is 199 g/mol. The molecule has 2 radical (unpaired) electrons. The fourth-order valence-corrected chi connectivity index (χ4v) is 0.416. The summed E-state index contributed by atoms with van der Waals surface area (Å²) in [5.41, 5.74) is 0. The van der Waals surface area contributed by atoms with E-state index in [1.54, 1.807) is 6.08 Å². The summed E-state index contributed by atoms with van der Waals surface area (Å²) in [6.45, 7) is 3.72. The molecule has 0 aromatic carbocycles. The molecule has 0 rings (SSSR count). The van der Waals surface area contributed by atoms with E-state index in [1.807, 2.05) is 0 Å². The van der Waals surface area contributed by atoms with E-state index < -0.39 is 0 Å². The SMILES string of the molecule is C=CCO[C](=O)[SnH]. The molecular formula is C4H6O2Sn. The molecule has 0 aliphatic rings. The summed E-state index contributed by atoms with van der Waals surface area (Å²) < 4.78 is 4.36. The van der Waals surface area contributed by atoms with Gasteiger partial charge in [0.15, 0.2) is 0 Å². The Labute approximate surface area is 55.6 Å². The van der Waals surface area contributed by atoms with Gasteiger partial charge in [-0.15, -0.1) is 0 Å². The Hall–Kier alpha value is 0.00870. The molecule has 7 heavy (non-hydrogen) atoms. The molecule has 0 unspecified atom stereocenters. The van der Waals surface area contributed by atoms with Gasteiger partial charge in [0.25, 0.3) is 0 Å². The summed E-state index contributed by atoms with van der Waals surface area (Å²) in [7, 11) is 0. The van der Waals surface area contributed by atoms with Crippen molar-refractivity contribution >= 4 is 26.5 Å². The average molecular weight is 205 g/mol. The summed E-state index contributed by atoms with van der Waals surface area (Å²) >= 11 is 0.531. The Morgan fingerprint density at radius 1 is 2.00 bits per heavy atom. The maximum atomic E-state index is 9.99. The predicted octanol–water partition coefficient (Wildman–Crippen LogP) is 0.210. The van der Waals surface area contributed by atoms with E-state index in [9.17, 15) is 4.79 Å². The van der Waals surface area contributed by atoms with E-state index in [2.05, 4.69) is 11.3 Å². The van der Waals surface area contributed by atoms with Gasteiger partial charge in [0.1, 0.15) is 0 Å². The van der Waals surface area contributed by atoms with Crippen molar-refractivity contribution in [3.8, 4) is 0 Å². The van der Waals surface area contributed by atoms with Crippen LogP contribution in [0.5, 0.6) is 0 Å². The van der Waals surface area contributed by atoms with Crippen molar-refractivity contribution in [1.82, 2.24) is 0 Å². The van der Waals surface area contributed by atoms with Crippen molar-refractivity contribution in [2.75, 3.05) is 6.61 Å². The second-order valence-corrected chi connectivity index (χ2v) is 2.26. The average Bonchev–Trinajstić information content (AvgIpc) is 1.61. The van der Waals surface area contributed by atoms with E-state index in [0.717, 1.165) is 0 Å². The zero-order chi connectivity index (χ0) is 5.70. The van der Waals surface area contributed by atoms with Gasteiger partial charge in [-0.2, -0.15) is 0 Å². The molecule has 0 aliphatic carbocycles. The fraction of sp³-hybridized carbons (Fsp3) is 0.250. The van der Waals surface area contributed by atoms with E-state index in [0.29, 0.717) is 29.1 Å². The number of carbonyl (C=O) groups is 1. The van der Waals surface area contributed by atoms with E-state index >= 15 is 0 Å². The van der Waals surface area contributed by atoms with Gasteiger partial charge in [-0.25, -0.2) is 0 Å². The molecule has 0 atom stereocenters. The number of rotatable bonds is 2. The van der Waals surface area contributed by atoms with Gasteiger partial charge in [0.2, 0.25) is 0 Å². The van der Waals surface area contributed by atoms with Crippen LogP contribution >= 0.6 is 0 Å². The molecule has 0 amide bonds. The molecule has 0 aromatic heterocycles. The Morgan fingerprint density at radius 3 is 2.71 bits per heavy atom. The predicted molar refractivity (Wildman–Crippen MR) is 28.7 cm³/mol. The van der Waals surface area contributed by atoms with Crippen LogP contribution in [0.3, 0.4) is 0 Å². The third-order valence-corrected chi connectivity index (χ3v) is 0.819. The van der Waals surface area contributed by atoms with Crippen LogP contribution in [-0.4, -0.2) is 33.1 Å². The van der Waals surface area contributed by atoms with E-state index in [1.165, 1.54) is 0 Å². The van der Waals surface area contributed by atoms with E-state index in [4.69, 9.17) is 0 Å². The Morgan fingerprint density at radius 2 is 2.57 bits per heavy atom. The van der Waals surface area contributed by atoms with Crippen molar-refractivity contribution < 1.29 is 9.53 Å². The Balaban J connectivity index is 2.97. The fourth-order valence-electron chi connectivity index (χ4n) is 0.141. The van der Waals surface area contributed by atoms with Crippen molar-refractivity contribution in [3.63, 3.8) is 0 Å². The molecule has 0 spiro atoms. The van der Waals surface area contributed by atoms with Crippen LogP contribution < -0.4 is 0 Å². The number of hydrogen-bond acceptors (Lipinski definition) is 2. The van der Waals surface area contributed by atoms with Gasteiger partial charge in [-0.3, -0.25) is 0 Å². The van der Waals surface area contributed by atoms with Crippen LogP contribution in [0.15, 0.2) is 12.7 Å². The van der Waals surface area contributed by atoms with Crippen LogP contribution in [0.1, 0.15) is 0 Å². The monoisotopic (exact) mass is 206 g/mol. The summed E-state index contributed by atoms with van der Waals surface area (Å²) in [4.78, 5) is 9.99. The molecule has 0 aromatic rings. The molecule has 0 bridgehead atoms. The third-order valence-electron chi connectivity index (χ3n) is 0.343. The van der Waals surface area contributed by atoms with Crippen LogP contribution in [-0.2, 0) is 4.74 Å². The molecule has 0 aliphatic heterocycles. The van der Waals surface area contributed by atoms with Crippen molar-refractivity contribution in [1.29, 1.82) is 0 Å². The first kappa shape index (κ1) is 7.01. The first-order valence-corrected chi connectivity index (χ1v) is 3.45. The van der Waals surface area contributed by atoms with Crippen LogP contribution in [0.2, 0.25) is 0 Å². The second kappa shape index (κ2) is 4.18. The zero-order valence-electron chi connectivity index (χ0n) is 3.89. The molecule has 0 fully saturated rings. The van der Waals surface area contributed by atoms with Gasteiger partial charge in [-0.05, 0) is 0 Å². The molecule has 0 saturated heterocycles. The molecule has 38 valence electrons. The molecule has 2 nitrogen and oxygen atoms in total. The Kier molecular flexibility index (Phi) is 4.18. The Bertz CT molecular complexity index is 79.8. The molecule has 3 heteroatoms. The van der Waals surface area contributed by atoms with Gasteiger partial charge < -0.3 is 0 Å². The van der Waals surface area contributed by atoms with Gasteiger partial charge in [0, 0.05) is 0 Å². The minimum atomic E-state index is -0.134. The topological polar surface area (TPSA) is 26.3 Å². The third kappa shape index (κ3) is 6.01. The second-order valence-electron chi connectivity index (χ2n) is 0.919. The first-order chi connectivity index (χ1) is 3.27. The van der Waals surface area contributed by atoms with Crippen LogP contribution in [0.25, 0.3) is 0 Å². The van der Waals surface area contributed by atoms with Gasteiger partial charge >= 0.3 is 55.3 Å². The van der Waals surface area contributed by atoms with Crippen molar-refractivity contribution in [3.05, 3.63) is 12.7 Å². The summed E-state index contributed by atoms with van der Waals surface area (Å²) in [6.07, 6.45) is 1.55.